The molecule has 0 saturated carbocycles. The van der Waals surface area contributed by atoms with Crippen molar-refractivity contribution in [3.63, 3.8) is 0 Å². The van der Waals surface area contributed by atoms with Crippen LogP contribution in [0.5, 0.6) is 5.75 Å². The molecule has 156 valence electrons. The fourth-order valence-electron chi connectivity index (χ4n) is 3.37. The normalized spacial score (nSPS) is 15.2. The lowest BCUT2D eigenvalue weighted by atomic mass is 10.1. The smallest absolute Gasteiger partial charge is 0.387 e. The maximum atomic E-state index is 12.4. The number of halogens is 2. The average molecular weight is 429 g/mol. The standard InChI is InChI=1S/C22H21F2N3O2S/c1-28-13-12-25-22-27(26-19-11-8-15-4-2-3-5-18(15)19)20(14-30-22)16-6-9-17(10-7-16)29-21(23)24/h2-7,9-10,14,21H,8,11-13H2,1H3. The van der Waals surface area contributed by atoms with Crippen molar-refractivity contribution in [1.29, 1.82) is 0 Å². The monoisotopic (exact) mass is 429 g/mol. The Kier molecular flexibility index (Phi) is 6.35. The van der Waals surface area contributed by atoms with Crippen LogP contribution in [-0.2, 0) is 11.2 Å². The minimum Gasteiger partial charge on any atom is -0.435 e. The summed E-state index contributed by atoms with van der Waals surface area (Å²) in [6.45, 7) is -1.80. The van der Waals surface area contributed by atoms with Crippen LogP contribution in [0, 0.1) is 0 Å². The van der Waals surface area contributed by atoms with E-state index in [1.165, 1.54) is 29.0 Å². The average Bonchev–Trinajstić information content (AvgIpc) is 3.33. The number of aromatic nitrogens is 1. The first-order valence-corrected chi connectivity index (χ1v) is 10.4. The van der Waals surface area contributed by atoms with E-state index in [-0.39, 0.29) is 5.75 Å². The third-order valence-electron chi connectivity index (χ3n) is 4.78. The minimum atomic E-state index is -2.85. The van der Waals surface area contributed by atoms with Crippen molar-refractivity contribution < 1.29 is 18.3 Å². The number of rotatable bonds is 7. The molecule has 0 spiro atoms. The predicted molar refractivity (Wildman–Crippen MR) is 113 cm³/mol. The fourth-order valence-corrected chi connectivity index (χ4v) is 4.23. The largest absolute Gasteiger partial charge is 0.435 e. The molecule has 3 aromatic rings. The SMILES string of the molecule is COCCN=c1scc(-c2ccc(OC(F)F)cc2)n1N=C1CCc2ccccc21. The van der Waals surface area contributed by atoms with E-state index >= 15 is 0 Å². The van der Waals surface area contributed by atoms with Crippen molar-refractivity contribution in [2.24, 2.45) is 10.1 Å². The molecular formula is C22H21F2N3O2S. The summed E-state index contributed by atoms with van der Waals surface area (Å²) in [5.41, 5.74) is 5.15. The van der Waals surface area contributed by atoms with Crippen LogP contribution in [0.3, 0.4) is 0 Å². The summed E-state index contributed by atoms with van der Waals surface area (Å²) in [5.74, 6) is 0.122. The quantitative estimate of drug-likeness (QED) is 0.517. The van der Waals surface area contributed by atoms with Gasteiger partial charge in [-0.2, -0.15) is 13.9 Å². The molecule has 0 bridgehead atoms. The topological polar surface area (TPSA) is 48.1 Å². The highest BCUT2D eigenvalue weighted by Crippen LogP contribution is 2.26. The van der Waals surface area contributed by atoms with Crippen LogP contribution in [0.1, 0.15) is 17.5 Å². The summed E-state index contributed by atoms with van der Waals surface area (Å²) in [4.78, 5) is 5.38. The van der Waals surface area contributed by atoms with E-state index in [9.17, 15) is 8.78 Å². The Balaban J connectivity index is 1.75. The Morgan fingerprint density at radius 3 is 2.67 bits per heavy atom. The number of fused-ring (bicyclic) bond motifs is 1. The van der Waals surface area contributed by atoms with E-state index in [0.29, 0.717) is 13.2 Å². The summed E-state index contributed by atoms with van der Waals surface area (Å²) in [6.07, 6.45) is 1.82. The molecular weight excluding hydrogens is 408 g/mol. The first-order valence-electron chi connectivity index (χ1n) is 9.57. The van der Waals surface area contributed by atoms with Gasteiger partial charge in [0, 0.05) is 23.6 Å². The van der Waals surface area contributed by atoms with Gasteiger partial charge in [0.2, 0.25) is 4.80 Å². The Hall–Kier alpha value is -2.84. The highest BCUT2D eigenvalue weighted by atomic mass is 32.1. The highest BCUT2D eigenvalue weighted by molar-refractivity contribution is 7.07. The number of alkyl halides is 2. The lowest BCUT2D eigenvalue weighted by Gasteiger charge is -2.08. The molecule has 4 rings (SSSR count). The van der Waals surface area contributed by atoms with Crippen molar-refractivity contribution in [3.05, 3.63) is 69.8 Å². The molecule has 30 heavy (non-hydrogen) atoms. The molecule has 0 fully saturated rings. The number of benzene rings is 2. The molecule has 0 unspecified atom stereocenters. The summed E-state index contributed by atoms with van der Waals surface area (Å²) in [5, 5.41) is 6.91. The molecule has 0 saturated heterocycles. The number of hydrogen-bond acceptors (Lipinski definition) is 5. The van der Waals surface area contributed by atoms with Crippen LogP contribution in [0.4, 0.5) is 8.78 Å². The van der Waals surface area contributed by atoms with Gasteiger partial charge >= 0.3 is 6.61 Å². The number of methoxy groups -OCH3 is 1. The Morgan fingerprint density at radius 1 is 1.10 bits per heavy atom. The third-order valence-corrected chi connectivity index (χ3v) is 5.64. The summed E-state index contributed by atoms with van der Waals surface area (Å²) in [7, 11) is 1.64. The Labute approximate surface area is 176 Å². The van der Waals surface area contributed by atoms with E-state index in [2.05, 4.69) is 21.9 Å². The van der Waals surface area contributed by atoms with Crippen molar-refractivity contribution in [2.75, 3.05) is 20.3 Å². The van der Waals surface area contributed by atoms with E-state index in [4.69, 9.17) is 9.84 Å². The van der Waals surface area contributed by atoms with Gasteiger partial charge in [-0.1, -0.05) is 24.3 Å². The number of thiazole rings is 1. The first kappa shape index (κ1) is 20.4. The number of aryl methyl sites for hydroxylation is 1. The minimum absolute atomic E-state index is 0.122. The molecule has 1 aliphatic rings. The molecule has 0 N–H and O–H groups in total. The van der Waals surface area contributed by atoms with Crippen LogP contribution < -0.4 is 9.54 Å². The zero-order valence-electron chi connectivity index (χ0n) is 16.4. The second-order valence-electron chi connectivity index (χ2n) is 6.70. The zero-order chi connectivity index (χ0) is 20.9. The second kappa shape index (κ2) is 9.32. The van der Waals surface area contributed by atoms with E-state index in [1.807, 2.05) is 22.2 Å². The van der Waals surface area contributed by atoms with Gasteiger partial charge in [-0.3, -0.25) is 4.99 Å². The Bertz CT molecular complexity index is 1100. The molecule has 5 nitrogen and oxygen atoms in total. The molecule has 0 amide bonds. The summed E-state index contributed by atoms with van der Waals surface area (Å²) >= 11 is 1.48. The van der Waals surface area contributed by atoms with Crippen LogP contribution in [0.2, 0.25) is 0 Å². The first-order chi connectivity index (χ1) is 14.7. The van der Waals surface area contributed by atoms with E-state index in [0.717, 1.165) is 40.2 Å². The van der Waals surface area contributed by atoms with Crippen molar-refractivity contribution in [1.82, 2.24) is 4.68 Å². The van der Waals surface area contributed by atoms with Gasteiger partial charge in [-0.15, -0.1) is 11.3 Å². The van der Waals surface area contributed by atoms with Crippen LogP contribution in [0.15, 0.2) is 64.0 Å². The van der Waals surface area contributed by atoms with Gasteiger partial charge in [0.1, 0.15) is 5.75 Å². The molecule has 2 aromatic carbocycles. The summed E-state index contributed by atoms with van der Waals surface area (Å²) < 4.78 is 36.3. The second-order valence-corrected chi connectivity index (χ2v) is 7.53. The van der Waals surface area contributed by atoms with Gasteiger partial charge in [0.25, 0.3) is 0 Å². The number of ether oxygens (including phenoxy) is 2. The fraction of sp³-hybridized carbons (Fsp3) is 0.273. The lowest BCUT2D eigenvalue weighted by molar-refractivity contribution is -0.0498. The van der Waals surface area contributed by atoms with Gasteiger partial charge in [0.15, 0.2) is 0 Å². The molecule has 0 aliphatic heterocycles. The maximum absolute atomic E-state index is 12.4. The zero-order valence-corrected chi connectivity index (χ0v) is 17.2. The van der Waals surface area contributed by atoms with Gasteiger partial charge in [-0.05, 0) is 42.7 Å². The van der Waals surface area contributed by atoms with Crippen molar-refractivity contribution in [3.8, 4) is 17.0 Å². The highest BCUT2D eigenvalue weighted by Gasteiger charge is 2.18. The van der Waals surface area contributed by atoms with Crippen LogP contribution >= 0.6 is 11.3 Å². The number of hydrogen-bond donors (Lipinski definition) is 0. The lowest BCUT2D eigenvalue weighted by Crippen LogP contribution is -2.15. The van der Waals surface area contributed by atoms with Gasteiger partial charge < -0.3 is 9.47 Å². The molecule has 1 aliphatic carbocycles. The molecule has 1 heterocycles. The predicted octanol–water partition coefficient (Wildman–Crippen LogP) is 4.56. The molecule has 1 aromatic heterocycles. The van der Waals surface area contributed by atoms with Crippen LogP contribution in [0.25, 0.3) is 11.3 Å². The summed E-state index contributed by atoms with van der Waals surface area (Å²) in [6, 6.07) is 14.8. The Morgan fingerprint density at radius 2 is 1.90 bits per heavy atom. The maximum Gasteiger partial charge on any atom is 0.387 e. The molecule has 0 radical (unpaired) electrons. The van der Waals surface area contributed by atoms with Gasteiger partial charge in [0.05, 0.1) is 24.6 Å². The van der Waals surface area contributed by atoms with E-state index in [1.54, 1.807) is 19.2 Å². The van der Waals surface area contributed by atoms with E-state index < -0.39 is 6.61 Å². The molecule has 0 atom stereocenters. The van der Waals surface area contributed by atoms with Crippen molar-refractivity contribution in [2.45, 2.75) is 19.5 Å². The number of nitrogens with zero attached hydrogens (tertiary/aromatic N) is 3. The van der Waals surface area contributed by atoms with Crippen molar-refractivity contribution >= 4 is 17.0 Å². The third kappa shape index (κ3) is 4.49. The van der Waals surface area contributed by atoms with Gasteiger partial charge in [-0.25, -0.2) is 4.68 Å². The van der Waals surface area contributed by atoms with Crippen LogP contribution in [-0.4, -0.2) is 37.3 Å². The molecule has 8 heteroatoms.